The number of carbonyl (C=O) groups excluding carboxylic acids is 1. The van der Waals surface area contributed by atoms with E-state index in [9.17, 15) is 9.90 Å². The first-order valence-corrected chi connectivity index (χ1v) is 8.77. The molecule has 0 unspecified atom stereocenters. The van der Waals surface area contributed by atoms with Crippen molar-refractivity contribution in [2.24, 2.45) is 11.8 Å². The molecular formula is C18H22O3S. The Morgan fingerprint density at radius 3 is 2.77 bits per heavy atom. The second-order valence-corrected chi connectivity index (χ2v) is 7.34. The maximum absolute atomic E-state index is 11.4. The van der Waals surface area contributed by atoms with E-state index >= 15 is 0 Å². The van der Waals surface area contributed by atoms with Crippen molar-refractivity contribution >= 4 is 17.7 Å². The fourth-order valence-electron chi connectivity index (χ4n) is 3.70. The number of thioether (sulfide) groups is 1. The van der Waals surface area contributed by atoms with Crippen LogP contribution >= 0.6 is 11.8 Å². The Morgan fingerprint density at radius 1 is 1.27 bits per heavy atom. The molecule has 5 atom stereocenters. The van der Waals surface area contributed by atoms with Crippen molar-refractivity contribution in [1.29, 1.82) is 0 Å². The van der Waals surface area contributed by atoms with Crippen molar-refractivity contribution < 1.29 is 14.6 Å². The molecule has 2 aliphatic carbocycles. The molecule has 0 amide bonds. The highest BCUT2D eigenvalue weighted by Gasteiger charge is 2.45. The molecule has 4 heteroatoms. The third-order valence-electron chi connectivity index (χ3n) is 4.62. The molecule has 0 radical (unpaired) electrons. The lowest BCUT2D eigenvalue weighted by molar-refractivity contribution is -0.149. The normalized spacial score (nSPS) is 34.0. The summed E-state index contributed by atoms with van der Waals surface area (Å²) >= 11 is 1.79. The van der Waals surface area contributed by atoms with Gasteiger partial charge in [0.15, 0.2) is 0 Å². The van der Waals surface area contributed by atoms with E-state index in [0.29, 0.717) is 0 Å². The summed E-state index contributed by atoms with van der Waals surface area (Å²) < 4.78 is 5.52. The Balaban J connectivity index is 1.81. The summed E-state index contributed by atoms with van der Waals surface area (Å²) in [4.78, 5) is 12.6. The van der Waals surface area contributed by atoms with Crippen LogP contribution in [-0.2, 0) is 9.53 Å². The Morgan fingerprint density at radius 2 is 2.05 bits per heavy atom. The standard InChI is InChI=1S/C18H22O3S/c1-12(19)21-16-8-5-9-17(18-14(16)10-11-15(18)20)22-13-6-3-2-4-7-13/h2-7,9,14-18,20H,8,10-11H2,1H3/t14-,15-,16-,17-,18+/m0/s1. The number of hydrogen-bond donors (Lipinski definition) is 1. The van der Waals surface area contributed by atoms with Gasteiger partial charge in [-0.2, -0.15) is 0 Å². The van der Waals surface area contributed by atoms with Crippen molar-refractivity contribution in [2.45, 2.75) is 48.5 Å². The van der Waals surface area contributed by atoms with Gasteiger partial charge in [0.1, 0.15) is 6.10 Å². The van der Waals surface area contributed by atoms with E-state index in [4.69, 9.17) is 4.74 Å². The Kier molecular flexibility index (Phi) is 4.89. The number of esters is 1. The zero-order chi connectivity index (χ0) is 15.5. The fourth-order valence-corrected chi connectivity index (χ4v) is 5.06. The molecule has 1 N–H and O–H groups in total. The summed E-state index contributed by atoms with van der Waals surface area (Å²) in [6, 6.07) is 10.3. The number of aliphatic hydroxyl groups excluding tert-OH is 1. The lowest BCUT2D eigenvalue weighted by atomic mass is 9.87. The highest BCUT2D eigenvalue weighted by molar-refractivity contribution is 8.00. The Labute approximate surface area is 135 Å². The van der Waals surface area contributed by atoms with Gasteiger partial charge in [0.05, 0.1) is 6.10 Å². The van der Waals surface area contributed by atoms with E-state index in [0.717, 1.165) is 19.3 Å². The molecule has 22 heavy (non-hydrogen) atoms. The minimum absolute atomic E-state index is 0.0997. The summed E-state index contributed by atoms with van der Waals surface area (Å²) in [5, 5.41) is 10.7. The average Bonchev–Trinajstić information content (AvgIpc) is 2.79. The van der Waals surface area contributed by atoms with Gasteiger partial charge < -0.3 is 9.84 Å². The molecule has 0 bridgehead atoms. The van der Waals surface area contributed by atoms with E-state index in [1.807, 2.05) is 18.2 Å². The third kappa shape index (κ3) is 3.39. The summed E-state index contributed by atoms with van der Waals surface area (Å²) in [6.45, 7) is 1.46. The van der Waals surface area contributed by atoms with Crippen LogP contribution in [0.5, 0.6) is 0 Å². The summed E-state index contributed by atoms with van der Waals surface area (Å²) in [5.74, 6) is 0.163. The number of carbonyl (C=O) groups is 1. The molecule has 0 aromatic heterocycles. The molecule has 0 spiro atoms. The van der Waals surface area contributed by atoms with Crippen LogP contribution in [0.15, 0.2) is 47.4 Å². The minimum atomic E-state index is -0.313. The molecule has 1 aromatic carbocycles. The summed E-state index contributed by atoms with van der Waals surface area (Å²) in [5.41, 5.74) is 0. The number of ether oxygens (including phenoxy) is 1. The van der Waals surface area contributed by atoms with Gasteiger partial charge in [0, 0.05) is 35.3 Å². The Bertz CT molecular complexity index is 543. The van der Waals surface area contributed by atoms with E-state index < -0.39 is 0 Å². The third-order valence-corrected chi connectivity index (χ3v) is 5.91. The number of aliphatic hydroxyl groups is 1. The van der Waals surface area contributed by atoms with Gasteiger partial charge in [0.2, 0.25) is 0 Å². The molecule has 0 aliphatic heterocycles. The summed E-state index contributed by atoms with van der Waals surface area (Å²) in [7, 11) is 0. The van der Waals surface area contributed by atoms with Crippen molar-refractivity contribution in [1.82, 2.24) is 0 Å². The van der Waals surface area contributed by atoms with Gasteiger partial charge in [-0.15, -0.1) is 11.8 Å². The van der Waals surface area contributed by atoms with Crippen molar-refractivity contribution in [3.05, 3.63) is 42.5 Å². The first-order valence-electron chi connectivity index (χ1n) is 7.89. The quantitative estimate of drug-likeness (QED) is 0.685. The van der Waals surface area contributed by atoms with E-state index in [2.05, 4.69) is 24.3 Å². The fraction of sp³-hybridized carbons (Fsp3) is 0.500. The van der Waals surface area contributed by atoms with Crippen molar-refractivity contribution in [2.75, 3.05) is 0 Å². The maximum atomic E-state index is 11.4. The van der Waals surface area contributed by atoms with Crippen LogP contribution in [0.1, 0.15) is 26.2 Å². The van der Waals surface area contributed by atoms with Gasteiger partial charge in [-0.1, -0.05) is 30.4 Å². The molecule has 2 aliphatic rings. The van der Waals surface area contributed by atoms with Gasteiger partial charge >= 0.3 is 5.97 Å². The highest BCUT2D eigenvalue weighted by atomic mass is 32.2. The first kappa shape index (κ1) is 15.6. The molecule has 1 aromatic rings. The van der Waals surface area contributed by atoms with Crippen molar-refractivity contribution in [3.63, 3.8) is 0 Å². The van der Waals surface area contributed by atoms with Crippen LogP contribution in [0.2, 0.25) is 0 Å². The lowest BCUT2D eigenvalue weighted by Gasteiger charge is -2.30. The topological polar surface area (TPSA) is 46.5 Å². The van der Waals surface area contributed by atoms with Gasteiger partial charge in [-0.25, -0.2) is 0 Å². The van der Waals surface area contributed by atoms with Crippen LogP contribution in [0.4, 0.5) is 0 Å². The average molecular weight is 318 g/mol. The molecule has 3 nitrogen and oxygen atoms in total. The Hall–Kier alpha value is -1.26. The van der Waals surface area contributed by atoms with E-state index in [1.165, 1.54) is 11.8 Å². The number of rotatable bonds is 3. The molecule has 0 saturated heterocycles. The molecule has 118 valence electrons. The molecular weight excluding hydrogens is 296 g/mol. The molecule has 3 rings (SSSR count). The number of benzene rings is 1. The van der Waals surface area contributed by atoms with E-state index in [1.54, 1.807) is 11.8 Å². The van der Waals surface area contributed by atoms with Crippen molar-refractivity contribution in [3.8, 4) is 0 Å². The lowest BCUT2D eigenvalue weighted by Crippen LogP contribution is -2.35. The largest absolute Gasteiger partial charge is 0.462 e. The van der Waals surface area contributed by atoms with Gasteiger partial charge in [-0.3, -0.25) is 4.79 Å². The van der Waals surface area contributed by atoms with E-state index in [-0.39, 0.29) is 35.3 Å². The van der Waals surface area contributed by atoms with Gasteiger partial charge in [0.25, 0.3) is 0 Å². The second kappa shape index (κ2) is 6.88. The molecule has 1 saturated carbocycles. The predicted molar refractivity (Wildman–Crippen MR) is 87.6 cm³/mol. The zero-order valence-electron chi connectivity index (χ0n) is 12.7. The highest BCUT2D eigenvalue weighted by Crippen LogP contribution is 2.46. The summed E-state index contributed by atoms with van der Waals surface area (Å²) in [6.07, 6.45) is 6.36. The van der Waals surface area contributed by atoms with Crippen LogP contribution in [0.25, 0.3) is 0 Å². The van der Waals surface area contributed by atoms with Crippen LogP contribution in [0, 0.1) is 11.8 Å². The second-order valence-electron chi connectivity index (χ2n) is 6.09. The monoisotopic (exact) mass is 318 g/mol. The smallest absolute Gasteiger partial charge is 0.302 e. The van der Waals surface area contributed by atoms with Crippen LogP contribution < -0.4 is 0 Å². The van der Waals surface area contributed by atoms with Gasteiger partial charge in [-0.05, 0) is 25.0 Å². The van der Waals surface area contributed by atoms with Crippen LogP contribution in [-0.4, -0.2) is 28.5 Å². The SMILES string of the molecule is CC(=O)O[C@H]1CC=C[C@H](Sc2ccccc2)[C@@H]2[C@H]1CC[C@@H]2O. The number of hydrogen-bond acceptors (Lipinski definition) is 4. The maximum Gasteiger partial charge on any atom is 0.302 e. The molecule has 0 heterocycles. The number of fused-ring (bicyclic) bond motifs is 1. The molecule has 1 fully saturated rings. The van der Waals surface area contributed by atoms with Crippen LogP contribution in [0.3, 0.4) is 0 Å². The zero-order valence-corrected chi connectivity index (χ0v) is 13.5. The predicted octanol–water partition coefficient (Wildman–Crippen LogP) is 3.43. The first-order chi connectivity index (χ1) is 10.6. The minimum Gasteiger partial charge on any atom is -0.462 e.